The van der Waals surface area contributed by atoms with Gasteiger partial charge in [0.25, 0.3) is 0 Å². The van der Waals surface area contributed by atoms with Gasteiger partial charge >= 0.3 is 0 Å². The third-order valence-electron chi connectivity index (χ3n) is 5.11. The van der Waals surface area contributed by atoms with Crippen LogP contribution in [0.25, 0.3) is 0 Å². The van der Waals surface area contributed by atoms with Crippen LogP contribution >= 0.6 is 0 Å². The summed E-state index contributed by atoms with van der Waals surface area (Å²) in [7, 11) is 0. The van der Waals surface area contributed by atoms with Crippen molar-refractivity contribution >= 4 is 0 Å². The molecule has 1 N–H and O–H groups in total. The van der Waals surface area contributed by atoms with Crippen molar-refractivity contribution in [3.8, 4) is 5.75 Å². The molecular weight excluding hydrogens is 260 g/mol. The number of fused-ring (bicyclic) bond motifs is 1. The number of hydrogen-bond acceptors (Lipinski definition) is 3. The van der Waals surface area contributed by atoms with Crippen molar-refractivity contribution in [2.45, 2.75) is 51.6 Å². The molecule has 116 valence electrons. The van der Waals surface area contributed by atoms with Crippen molar-refractivity contribution < 1.29 is 5.11 Å². The van der Waals surface area contributed by atoms with Crippen LogP contribution in [-0.4, -0.2) is 46.6 Å². The second kappa shape index (κ2) is 5.62. The van der Waals surface area contributed by atoms with Crippen LogP contribution in [0, 0.1) is 0 Å². The normalized spacial score (nSPS) is 24.8. The molecule has 3 nitrogen and oxygen atoms in total. The quantitative estimate of drug-likeness (QED) is 0.860. The zero-order chi connectivity index (χ0) is 15.0. The molecular formula is C18H28N2O. The lowest BCUT2D eigenvalue weighted by Crippen LogP contribution is -2.54. The van der Waals surface area contributed by atoms with Gasteiger partial charge in [0.1, 0.15) is 5.75 Å². The van der Waals surface area contributed by atoms with Crippen LogP contribution in [0.4, 0.5) is 0 Å². The molecule has 1 atom stereocenters. The molecule has 1 fully saturated rings. The molecule has 0 spiro atoms. The van der Waals surface area contributed by atoms with Crippen molar-refractivity contribution in [1.82, 2.24) is 9.80 Å². The highest BCUT2D eigenvalue weighted by molar-refractivity contribution is 5.38. The number of phenols is 1. The number of phenolic OH excluding ortho intramolecular Hbond substituents is 1. The average molecular weight is 288 g/mol. The van der Waals surface area contributed by atoms with Gasteiger partial charge in [-0.15, -0.1) is 0 Å². The van der Waals surface area contributed by atoms with Crippen LogP contribution in [0.2, 0.25) is 0 Å². The van der Waals surface area contributed by atoms with E-state index in [1.165, 1.54) is 24.0 Å². The first-order chi connectivity index (χ1) is 9.95. The van der Waals surface area contributed by atoms with E-state index in [0.717, 1.165) is 32.6 Å². The Morgan fingerprint density at radius 2 is 1.81 bits per heavy atom. The summed E-state index contributed by atoms with van der Waals surface area (Å²) in [5.41, 5.74) is 3.08. The maximum Gasteiger partial charge on any atom is 0.115 e. The summed E-state index contributed by atoms with van der Waals surface area (Å²) >= 11 is 0. The van der Waals surface area contributed by atoms with Gasteiger partial charge < -0.3 is 5.11 Å². The summed E-state index contributed by atoms with van der Waals surface area (Å²) in [5.74, 6) is 0.409. The molecule has 0 bridgehead atoms. The van der Waals surface area contributed by atoms with Crippen LogP contribution < -0.4 is 0 Å². The average Bonchev–Trinajstić information content (AvgIpc) is 2.45. The fourth-order valence-corrected chi connectivity index (χ4v) is 3.86. The van der Waals surface area contributed by atoms with E-state index in [1.54, 1.807) is 0 Å². The Morgan fingerprint density at radius 3 is 2.48 bits per heavy atom. The molecule has 0 amide bonds. The summed E-state index contributed by atoms with van der Waals surface area (Å²) in [5, 5.41) is 9.69. The van der Waals surface area contributed by atoms with E-state index in [-0.39, 0.29) is 5.54 Å². The minimum absolute atomic E-state index is 0.280. The molecule has 1 aliphatic heterocycles. The molecule has 21 heavy (non-hydrogen) atoms. The Kier molecular flexibility index (Phi) is 3.98. The minimum atomic E-state index is 0.280. The van der Waals surface area contributed by atoms with Gasteiger partial charge in [-0.2, -0.15) is 0 Å². The second-order valence-corrected chi connectivity index (χ2v) is 7.48. The van der Waals surface area contributed by atoms with Crippen LogP contribution in [0.3, 0.4) is 0 Å². The Bertz CT molecular complexity index is 498. The molecule has 1 aromatic rings. The van der Waals surface area contributed by atoms with Gasteiger partial charge in [0.05, 0.1) is 0 Å². The Morgan fingerprint density at radius 1 is 1.10 bits per heavy atom. The summed E-state index contributed by atoms with van der Waals surface area (Å²) in [6.45, 7) is 11.6. The molecule has 2 aliphatic rings. The highest BCUT2D eigenvalue weighted by atomic mass is 16.3. The molecule has 1 unspecified atom stereocenters. The van der Waals surface area contributed by atoms with Gasteiger partial charge in [-0.1, -0.05) is 6.07 Å². The predicted molar refractivity (Wildman–Crippen MR) is 86.7 cm³/mol. The topological polar surface area (TPSA) is 26.7 Å². The van der Waals surface area contributed by atoms with Gasteiger partial charge in [0.2, 0.25) is 0 Å². The number of piperazine rings is 1. The molecule has 0 saturated carbocycles. The summed E-state index contributed by atoms with van der Waals surface area (Å²) in [6.07, 6.45) is 3.61. The molecule has 0 aromatic heterocycles. The van der Waals surface area contributed by atoms with Gasteiger partial charge in [-0.05, 0) is 63.3 Å². The number of nitrogens with zero attached hydrogens (tertiary/aromatic N) is 2. The smallest absolute Gasteiger partial charge is 0.115 e. The first-order valence-electron chi connectivity index (χ1n) is 8.26. The van der Waals surface area contributed by atoms with E-state index < -0.39 is 0 Å². The minimum Gasteiger partial charge on any atom is -0.508 e. The number of aromatic hydroxyl groups is 1. The molecule has 1 aliphatic carbocycles. The lowest BCUT2D eigenvalue weighted by molar-refractivity contribution is 0.0376. The number of benzene rings is 1. The van der Waals surface area contributed by atoms with E-state index in [9.17, 15) is 5.11 Å². The van der Waals surface area contributed by atoms with E-state index in [0.29, 0.717) is 11.8 Å². The molecule has 3 heteroatoms. The van der Waals surface area contributed by atoms with Gasteiger partial charge in [0.15, 0.2) is 0 Å². The van der Waals surface area contributed by atoms with Gasteiger partial charge in [-0.3, -0.25) is 9.80 Å². The van der Waals surface area contributed by atoms with E-state index in [2.05, 4.69) is 36.6 Å². The van der Waals surface area contributed by atoms with Crippen LogP contribution in [-0.2, 0) is 6.42 Å². The fraction of sp³-hybridized carbons (Fsp3) is 0.667. The molecule has 1 aromatic carbocycles. The Balaban J connectivity index is 1.73. The third kappa shape index (κ3) is 3.09. The molecule has 1 heterocycles. The van der Waals surface area contributed by atoms with Crippen molar-refractivity contribution in [3.63, 3.8) is 0 Å². The Labute approximate surface area is 128 Å². The van der Waals surface area contributed by atoms with E-state index in [4.69, 9.17) is 0 Å². The maximum absolute atomic E-state index is 9.69. The first-order valence-corrected chi connectivity index (χ1v) is 8.26. The van der Waals surface area contributed by atoms with Crippen LogP contribution in [0.15, 0.2) is 18.2 Å². The van der Waals surface area contributed by atoms with Crippen molar-refractivity contribution in [3.05, 3.63) is 29.3 Å². The van der Waals surface area contributed by atoms with Crippen molar-refractivity contribution in [1.29, 1.82) is 0 Å². The summed E-state index contributed by atoms with van der Waals surface area (Å²) in [4.78, 5) is 5.24. The lowest BCUT2D eigenvalue weighted by Gasteiger charge is -2.45. The zero-order valence-electron chi connectivity index (χ0n) is 13.6. The zero-order valence-corrected chi connectivity index (χ0v) is 13.6. The van der Waals surface area contributed by atoms with Crippen molar-refractivity contribution in [2.75, 3.05) is 26.2 Å². The van der Waals surface area contributed by atoms with Gasteiger partial charge in [-0.25, -0.2) is 0 Å². The van der Waals surface area contributed by atoms with Crippen molar-refractivity contribution in [2.24, 2.45) is 0 Å². The SMILES string of the molecule is CC(C)(C)N1CCN(C2CCCc3cc(O)ccc32)CC1. The molecule has 0 radical (unpaired) electrons. The number of hydrogen-bond donors (Lipinski definition) is 1. The van der Waals surface area contributed by atoms with E-state index in [1.807, 2.05) is 12.1 Å². The maximum atomic E-state index is 9.69. The number of rotatable bonds is 1. The van der Waals surface area contributed by atoms with Crippen LogP contribution in [0.5, 0.6) is 5.75 Å². The monoisotopic (exact) mass is 288 g/mol. The van der Waals surface area contributed by atoms with Crippen LogP contribution in [0.1, 0.15) is 50.8 Å². The highest BCUT2D eigenvalue weighted by Gasteiger charge is 2.31. The summed E-state index contributed by atoms with van der Waals surface area (Å²) < 4.78 is 0. The lowest BCUT2D eigenvalue weighted by atomic mass is 9.86. The fourth-order valence-electron chi connectivity index (χ4n) is 3.86. The second-order valence-electron chi connectivity index (χ2n) is 7.48. The largest absolute Gasteiger partial charge is 0.508 e. The van der Waals surface area contributed by atoms with Gasteiger partial charge in [0, 0.05) is 37.8 Å². The highest BCUT2D eigenvalue weighted by Crippen LogP contribution is 2.36. The summed E-state index contributed by atoms with van der Waals surface area (Å²) in [6, 6.07) is 6.51. The molecule has 3 rings (SSSR count). The predicted octanol–water partition coefficient (Wildman–Crippen LogP) is 3.19. The van der Waals surface area contributed by atoms with E-state index >= 15 is 0 Å². The number of aryl methyl sites for hydroxylation is 1. The Hall–Kier alpha value is -1.06. The third-order valence-corrected chi connectivity index (χ3v) is 5.11. The standard InChI is InChI=1S/C18H28N2O/c1-18(2,3)20-11-9-19(10-12-20)17-6-4-5-14-13-15(21)7-8-16(14)17/h7-8,13,17,21H,4-6,9-12H2,1-3H3. The molecule has 1 saturated heterocycles. The first kappa shape index (κ1) is 14.9.